The first-order valence-corrected chi connectivity index (χ1v) is 11.4. The van der Waals surface area contributed by atoms with Gasteiger partial charge >= 0.3 is 11.9 Å². The van der Waals surface area contributed by atoms with Gasteiger partial charge in [-0.2, -0.15) is 0 Å². The molecule has 4 aliphatic rings. The fraction of sp³-hybridized carbons (Fsp3) is 0.833. The summed E-state index contributed by atoms with van der Waals surface area (Å²) in [6, 6.07) is 0. The van der Waals surface area contributed by atoms with Crippen LogP contribution in [0, 0.1) is 34.5 Å². The number of carboxylic acids is 1. The third-order valence-electron chi connectivity index (χ3n) is 9.67. The Labute approximate surface area is 173 Å². The normalized spacial score (nSPS) is 49.2. The minimum absolute atomic E-state index is 0.0775. The highest BCUT2D eigenvalue weighted by molar-refractivity contribution is 5.80. The number of hydrogen-bond acceptors (Lipinski definition) is 4. The molecule has 0 heterocycles. The van der Waals surface area contributed by atoms with Crippen molar-refractivity contribution in [2.24, 2.45) is 34.5 Å². The highest BCUT2D eigenvalue weighted by Crippen LogP contribution is 2.68. The molecule has 4 aliphatic carbocycles. The topological polar surface area (TPSA) is 83.8 Å². The molecule has 0 unspecified atom stereocenters. The van der Waals surface area contributed by atoms with E-state index in [0.717, 1.165) is 44.6 Å². The van der Waals surface area contributed by atoms with Crippen LogP contribution in [0.4, 0.5) is 0 Å². The number of fused-ring (bicyclic) bond motifs is 5. The van der Waals surface area contributed by atoms with Crippen molar-refractivity contribution in [1.82, 2.24) is 0 Å². The maximum absolute atomic E-state index is 11.4. The summed E-state index contributed by atoms with van der Waals surface area (Å²) in [6.45, 7) is 6.17. The number of rotatable bonds is 3. The molecule has 0 aliphatic heterocycles. The second kappa shape index (κ2) is 7.11. The SMILES string of the molecule is CC(=O)O[C@H]1CC[C@@]2(C)[C@H](CC[C@H]3[C@H]4CC[C@](O)(/C=C/C(=O)O)[C@@]4(C)CC[C@@H]32)C1. The molecule has 0 saturated heterocycles. The first-order chi connectivity index (χ1) is 13.6. The predicted molar refractivity (Wildman–Crippen MR) is 109 cm³/mol. The van der Waals surface area contributed by atoms with Gasteiger partial charge in [-0.25, -0.2) is 4.79 Å². The molecule has 5 heteroatoms. The Balaban J connectivity index is 1.54. The van der Waals surface area contributed by atoms with Crippen molar-refractivity contribution >= 4 is 11.9 Å². The number of carbonyl (C=O) groups excluding carboxylic acids is 1. The van der Waals surface area contributed by atoms with Crippen LogP contribution in [-0.2, 0) is 14.3 Å². The summed E-state index contributed by atoms with van der Waals surface area (Å²) in [5, 5.41) is 20.5. The summed E-state index contributed by atoms with van der Waals surface area (Å²) in [4.78, 5) is 22.5. The van der Waals surface area contributed by atoms with E-state index in [1.54, 1.807) is 6.08 Å². The number of carbonyl (C=O) groups is 2. The van der Waals surface area contributed by atoms with E-state index < -0.39 is 11.6 Å². The molecule has 0 aromatic heterocycles. The van der Waals surface area contributed by atoms with Crippen LogP contribution in [0.1, 0.15) is 78.6 Å². The van der Waals surface area contributed by atoms with Gasteiger partial charge < -0.3 is 14.9 Å². The largest absolute Gasteiger partial charge is 0.478 e. The van der Waals surface area contributed by atoms with E-state index in [2.05, 4.69) is 13.8 Å². The van der Waals surface area contributed by atoms with Crippen molar-refractivity contribution < 1.29 is 24.5 Å². The van der Waals surface area contributed by atoms with Crippen molar-refractivity contribution in [2.45, 2.75) is 90.3 Å². The van der Waals surface area contributed by atoms with Gasteiger partial charge in [0.1, 0.15) is 6.10 Å². The van der Waals surface area contributed by atoms with Crippen LogP contribution in [0.5, 0.6) is 0 Å². The van der Waals surface area contributed by atoms with Gasteiger partial charge in [0.25, 0.3) is 0 Å². The van der Waals surface area contributed by atoms with E-state index in [0.29, 0.717) is 35.5 Å². The lowest BCUT2D eigenvalue weighted by atomic mass is 9.44. The molecule has 4 rings (SSSR count). The van der Waals surface area contributed by atoms with Crippen LogP contribution in [0.25, 0.3) is 0 Å². The van der Waals surface area contributed by atoms with E-state index in [1.807, 2.05) is 0 Å². The molecule has 0 radical (unpaired) electrons. The van der Waals surface area contributed by atoms with Crippen LogP contribution in [-0.4, -0.2) is 33.9 Å². The highest BCUT2D eigenvalue weighted by atomic mass is 16.5. The number of ether oxygens (including phenoxy) is 1. The standard InChI is InChI=1S/C24H36O5/c1-15(25)29-17-6-10-22(2)16(14-17)4-5-18-19(22)7-11-23(3)20(18)8-12-24(23,28)13-9-21(26)27/h9,13,16-20,28H,4-8,10-12,14H2,1-3H3,(H,26,27)/b13-9+/t16-,17+,18-,19+,20-,22+,23+,24+/m1/s1. The van der Waals surface area contributed by atoms with Crippen molar-refractivity contribution in [3.8, 4) is 0 Å². The Hall–Kier alpha value is -1.36. The Morgan fingerprint density at radius 1 is 1.00 bits per heavy atom. The first kappa shape index (κ1) is 20.9. The third kappa shape index (κ3) is 3.24. The van der Waals surface area contributed by atoms with Gasteiger partial charge in [-0.05, 0) is 93.0 Å². The maximum atomic E-state index is 11.4. The number of hydrogen-bond donors (Lipinski definition) is 2. The third-order valence-corrected chi connectivity index (χ3v) is 9.67. The van der Waals surface area contributed by atoms with Crippen LogP contribution in [0.15, 0.2) is 12.2 Å². The van der Waals surface area contributed by atoms with Gasteiger partial charge in [0.05, 0.1) is 5.60 Å². The van der Waals surface area contributed by atoms with E-state index in [-0.39, 0.29) is 17.5 Å². The molecule has 2 N–H and O–H groups in total. The van der Waals surface area contributed by atoms with Gasteiger partial charge in [-0.3, -0.25) is 4.79 Å². The molecule has 4 fully saturated rings. The van der Waals surface area contributed by atoms with Gasteiger partial charge in [-0.15, -0.1) is 0 Å². The second-order valence-electron chi connectivity index (χ2n) is 10.8. The Kier molecular flexibility index (Phi) is 5.12. The quantitative estimate of drug-likeness (QED) is 0.540. The molecular formula is C24H36O5. The molecule has 4 saturated carbocycles. The molecule has 0 amide bonds. The smallest absolute Gasteiger partial charge is 0.328 e. The molecule has 0 bridgehead atoms. The lowest BCUT2D eigenvalue weighted by molar-refractivity contribution is -0.164. The van der Waals surface area contributed by atoms with Crippen molar-refractivity contribution in [3.05, 3.63) is 12.2 Å². The fourth-order valence-corrected chi connectivity index (χ4v) is 8.09. The molecule has 0 aromatic carbocycles. The van der Waals surface area contributed by atoms with Gasteiger partial charge in [0, 0.05) is 18.4 Å². The predicted octanol–water partition coefficient (Wildman–Crippen LogP) is 4.33. The second-order valence-corrected chi connectivity index (χ2v) is 10.8. The minimum Gasteiger partial charge on any atom is -0.478 e. The Morgan fingerprint density at radius 3 is 2.41 bits per heavy atom. The lowest BCUT2D eigenvalue weighted by Gasteiger charge is -2.61. The zero-order valence-electron chi connectivity index (χ0n) is 18.0. The number of esters is 1. The van der Waals surface area contributed by atoms with E-state index in [4.69, 9.17) is 9.84 Å². The van der Waals surface area contributed by atoms with Crippen molar-refractivity contribution in [3.63, 3.8) is 0 Å². The maximum Gasteiger partial charge on any atom is 0.328 e. The van der Waals surface area contributed by atoms with Crippen molar-refractivity contribution in [1.29, 1.82) is 0 Å². The van der Waals surface area contributed by atoms with Crippen molar-refractivity contribution in [2.75, 3.05) is 0 Å². The number of carboxylic acid groups (broad SMARTS) is 1. The average molecular weight is 405 g/mol. The highest BCUT2D eigenvalue weighted by Gasteiger charge is 2.64. The van der Waals surface area contributed by atoms with Gasteiger partial charge in [-0.1, -0.05) is 13.8 Å². The Morgan fingerprint density at radius 2 is 1.72 bits per heavy atom. The summed E-state index contributed by atoms with van der Waals surface area (Å²) < 4.78 is 5.55. The average Bonchev–Trinajstić information content (AvgIpc) is 2.92. The van der Waals surface area contributed by atoms with E-state index >= 15 is 0 Å². The van der Waals surface area contributed by atoms with Crippen LogP contribution >= 0.6 is 0 Å². The minimum atomic E-state index is -1.01. The molecule has 0 spiro atoms. The van der Waals surface area contributed by atoms with Crippen LogP contribution < -0.4 is 0 Å². The summed E-state index contributed by atoms with van der Waals surface area (Å²) in [5.41, 5.74) is -0.956. The summed E-state index contributed by atoms with van der Waals surface area (Å²) in [7, 11) is 0. The summed E-state index contributed by atoms with van der Waals surface area (Å²) >= 11 is 0. The summed E-state index contributed by atoms with van der Waals surface area (Å²) in [5.74, 6) is 1.17. The zero-order chi connectivity index (χ0) is 21.0. The van der Waals surface area contributed by atoms with Crippen LogP contribution in [0.2, 0.25) is 0 Å². The van der Waals surface area contributed by atoms with Gasteiger partial charge in [0.15, 0.2) is 0 Å². The summed E-state index contributed by atoms with van der Waals surface area (Å²) in [6.07, 6.45) is 11.9. The molecule has 29 heavy (non-hydrogen) atoms. The molecule has 8 atom stereocenters. The molecular weight excluding hydrogens is 368 g/mol. The molecule has 162 valence electrons. The fourth-order valence-electron chi connectivity index (χ4n) is 8.09. The van der Waals surface area contributed by atoms with E-state index in [1.165, 1.54) is 19.8 Å². The zero-order valence-corrected chi connectivity index (χ0v) is 18.0. The Bertz CT molecular complexity index is 716. The van der Waals surface area contributed by atoms with Gasteiger partial charge in [0.2, 0.25) is 0 Å². The number of aliphatic carboxylic acids is 1. The first-order valence-electron chi connectivity index (χ1n) is 11.4. The molecule has 5 nitrogen and oxygen atoms in total. The molecule has 0 aromatic rings. The number of aliphatic hydroxyl groups is 1. The van der Waals surface area contributed by atoms with Crippen LogP contribution in [0.3, 0.4) is 0 Å². The lowest BCUT2D eigenvalue weighted by Crippen LogP contribution is -2.56. The monoisotopic (exact) mass is 404 g/mol. The van der Waals surface area contributed by atoms with E-state index in [9.17, 15) is 14.7 Å².